The first-order valence-electron chi connectivity index (χ1n) is 8.93. The zero-order valence-corrected chi connectivity index (χ0v) is 16.2. The Kier molecular flexibility index (Phi) is 5.58. The molecule has 0 bridgehead atoms. The number of rotatable bonds is 2. The van der Waals surface area contributed by atoms with Gasteiger partial charge in [0.25, 0.3) is 11.8 Å². The quantitative estimate of drug-likeness (QED) is 0.625. The molecule has 154 valence electrons. The van der Waals surface area contributed by atoms with Gasteiger partial charge < -0.3 is 10.6 Å². The molecule has 0 radical (unpaired) electrons. The minimum atomic E-state index is -0.604. The highest BCUT2D eigenvalue weighted by Crippen LogP contribution is 2.16. The van der Waals surface area contributed by atoms with Crippen molar-refractivity contribution < 1.29 is 28.8 Å². The van der Waals surface area contributed by atoms with Gasteiger partial charge in [-0.1, -0.05) is 24.3 Å². The monoisotopic (exact) mass is 410 g/mol. The predicted molar refractivity (Wildman–Crippen MR) is 103 cm³/mol. The van der Waals surface area contributed by atoms with Gasteiger partial charge in [-0.3, -0.25) is 38.6 Å². The first-order valence-corrected chi connectivity index (χ1v) is 8.93. The van der Waals surface area contributed by atoms with Crippen LogP contribution in [0, 0.1) is 0 Å². The molecule has 30 heavy (non-hydrogen) atoms. The average Bonchev–Trinajstić information content (AvgIpc) is 2.68. The minimum Gasteiger partial charge on any atom is -0.320 e. The molecule has 6 amide bonds. The Labute approximate surface area is 171 Å². The molecule has 1 aromatic rings. The summed E-state index contributed by atoms with van der Waals surface area (Å²) >= 11 is 0. The second-order valence-corrected chi connectivity index (χ2v) is 6.70. The highest BCUT2D eigenvalue weighted by molar-refractivity contribution is 6.13. The fourth-order valence-electron chi connectivity index (χ4n) is 2.93. The first-order chi connectivity index (χ1) is 14.2. The van der Waals surface area contributed by atoms with Crippen molar-refractivity contribution in [2.45, 2.75) is 13.8 Å². The molecule has 2 saturated heterocycles. The Morgan fingerprint density at radius 2 is 1.07 bits per heavy atom. The van der Waals surface area contributed by atoms with E-state index in [-0.39, 0.29) is 24.5 Å². The Morgan fingerprint density at radius 1 is 0.733 bits per heavy atom. The second kappa shape index (κ2) is 8.11. The van der Waals surface area contributed by atoms with Crippen molar-refractivity contribution in [3.63, 3.8) is 0 Å². The topological polar surface area (TPSA) is 133 Å². The summed E-state index contributed by atoms with van der Waals surface area (Å²) in [5, 5.41) is 4.89. The van der Waals surface area contributed by atoms with Gasteiger partial charge in [0, 0.05) is 13.8 Å². The van der Waals surface area contributed by atoms with Crippen molar-refractivity contribution in [3.8, 4) is 0 Å². The minimum absolute atomic E-state index is 0.0284. The standard InChI is InChI=1S/C20H18N4O6/c1-11(25)23-9-17(27)21-15(19(23)29)7-13-3-5-14(6-4-13)8-16-20(30)24(12(2)26)10-18(28)22-16/h3-8H,9-10H2,1-2H3,(H,21,27)(H,22,28). The third kappa shape index (κ3) is 4.32. The first kappa shape index (κ1) is 20.6. The highest BCUT2D eigenvalue weighted by atomic mass is 16.2. The molecule has 2 N–H and O–H groups in total. The zero-order chi connectivity index (χ0) is 22.0. The molecule has 2 heterocycles. The summed E-state index contributed by atoms with van der Waals surface area (Å²) in [5.74, 6) is -3.21. The number of piperazine rings is 2. The van der Waals surface area contributed by atoms with Gasteiger partial charge in [-0.25, -0.2) is 0 Å². The Hall–Kier alpha value is -4.08. The van der Waals surface area contributed by atoms with Crippen LogP contribution in [0.3, 0.4) is 0 Å². The molecule has 2 aliphatic rings. The Morgan fingerprint density at radius 3 is 1.37 bits per heavy atom. The molecule has 10 nitrogen and oxygen atoms in total. The van der Waals surface area contributed by atoms with E-state index in [2.05, 4.69) is 10.6 Å². The van der Waals surface area contributed by atoms with Crippen LogP contribution in [0.1, 0.15) is 25.0 Å². The molecular weight excluding hydrogens is 392 g/mol. The van der Waals surface area contributed by atoms with Crippen LogP contribution in [0.2, 0.25) is 0 Å². The van der Waals surface area contributed by atoms with E-state index in [0.717, 1.165) is 9.80 Å². The fourth-order valence-corrected chi connectivity index (χ4v) is 2.93. The lowest BCUT2D eigenvalue weighted by Crippen LogP contribution is -2.51. The van der Waals surface area contributed by atoms with Gasteiger partial charge in [0.1, 0.15) is 24.5 Å². The van der Waals surface area contributed by atoms with Crippen molar-refractivity contribution >= 4 is 47.6 Å². The number of nitrogens with one attached hydrogen (secondary N) is 2. The van der Waals surface area contributed by atoms with E-state index in [0.29, 0.717) is 11.1 Å². The summed E-state index contributed by atoms with van der Waals surface area (Å²) in [7, 11) is 0. The fraction of sp³-hybridized carbons (Fsp3) is 0.200. The average molecular weight is 410 g/mol. The normalized spacial score (nSPS) is 19.8. The van der Waals surface area contributed by atoms with Crippen molar-refractivity contribution in [1.29, 1.82) is 0 Å². The predicted octanol–water partition coefficient (Wildman–Crippen LogP) is -0.622. The van der Waals surface area contributed by atoms with E-state index < -0.39 is 35.4 Å². The van der Waals surface area contributed by atoms with Crippen LogP contribution in [-0.2, 0) is 28.8 Å². The molecule has 2 fully saturated rings. The van der Waals surface area contributed by atoms with E-state index >= 15 is 0 Å². The Bertz CT molecular complexity index is 955. The van der Waals surface area contributed by atoms with Crippen LogP contribution in [-0.4, -0.2) is 58.3 Å². The molecule has 2 aliphatic heterocycles. The molecule has 0 spiro atoms. The number of hydrogen-bond donors (Lipinski definition) is 2. The molecule has 0 aromatic heterocycles. The molecule has 10 heteroatoms. The van der Waals surface area contributed by atoms with Gasteiger partial charge in [-0.15, -0.1) is 0 Å². The maximum Gasteiger partial charge on any atom is 0.277 e. The summed E-state index contributed by atoms with van der Waals surface area (Å²) in [4.78, 5) is 72.8. The van der Waals surface area contributed by atoms with Crippen LogP contribution in [0.25, 0.3) is 12.2 Å². The van der Waals surface area contributed by atoms with Crippen LogP contribution in [0.5, 0.6) is 0 Å². The lowest BCUT2D eigenvalue weighted by Gasteiger charge is -2.25. The largest absolute Gasteiger partial charge is 0.320 e. The zero-order valence-electron chi connectivity index (χ0n) is 16.2. The van der Waals surface area contributed by atoms with Crippen LogP contribution in [0.15, 0.2) is 35.7 Å². The van der Waals surface area contributed by atoms with Crippen molar-refractivity contribution in [2.24, 2.45) is 0 Å². The van der Waals surface area contributed by atoms with Gasteiger partial charge in [0.05, 0.1) is 0 Å². The van der Waals surface area contributed by atoms with E-state index in [1.54, 1.807) is 24.3 Å². The van der Waals surface area contributed by atoms with E-state index in [4.69, 9.17) is 0 Å². The lowest BCUT2D eigenvalue weighted by atomic mass is 10.1. The van der Waals surface area contributed by atoms with E-state index in [9.17, 15) is 28.8 Å². The van der Waals surface area contributed by atoms with Gasteiger partial charge in [-0.05, 0) is 23.3 Å². The third-order valence-electron chi connectivity index (χ3n) is 4.42. The number of imide groups is 2. The molecule has 0 aliphatic carbocycles. The van der Waals surface area contributed by atoms with Crippen molar-refractivity contribution in [2.75, 3.05) is 13.1 Å². The maximum atomic E-state index is 12.3. The summed E-state index contributed by atoms with van der Waals surface area (Å²) < 4.78 is 0. The van der Waals surface area contributed by atoms with E-state index in [1.165, 1.54) is 26.0 Å². The number of carbonyl (C=O) groups excluding carboxylic acids is 6. The number of carbonyl (C=O) groups is 6. The van der Waals surface area contributed by atoms with Gasteiger partial charge >= 0.3 is 0 Å². The smallest absolute Gasteiger partial charge is 0.277 e. The summed E-state index contributed by atoms with van der Waals surface area (Å²) in [5.41, 5.74) is 1.07. The molecule has 1 aromatic carbocycles. The molecule has 0 unspecified atom stereocenters. The summed E-state index contributed by atoms with van der Waals surface area (Å²) in [6.07, 6.45) is 2.86. The number of amides is 6. The third-order valence-corrected chi connectivity index (χ3v) is 4.42. The number of hydrogen-bond acceptors (Lipinski definition) is 6. The van der Waals surface area contributed by atoms with Crippen LogP contribution < -0.4 is 10.6 Å². The van der Waals surface area contributed by atoms with Crippen LogP contribution >= 0.6 is 0 Å². The maximum absolute atomic E-state index is 12.3. The molecule has 3 rings (SSSR count). The molecule has 0 atom stereocenters. The molecule has 0 saturated carbocycles. The SMILES string of the molecule is CC(=O)N1CC(=O)NC(=Cc2ccc(C=C3NC(=O)CN(C(C)=O)C3=O)cc2)C1=O. The van der Waals surface area contributed by atoms with Gasteiger partial charge in [-0.2, -0.15) is 0 Å². The second-order valence-electron chi connectivity index (χ2n) is 6.70. The van der Waals surface area contributed by atoms with Gasteiger partial charge in [0.15, 0.2) is 0 Å². The van der Waals surface area contributed by atoms with E-state index in [1.807, 2.05) is 0 Å². The van der Waals surface area contributed by atoms with Gasteiger partial charge in [0.2, 0.25) is 23.6 Å². The van der Waals surface area contributed by atoms with Crippen LogP contribution in [0.4, 0.5) is 0 Å². The lowest BCUT2D eigenvalue weighted by molar-refractivity contribution is -0.147. The van der Waals surface area contributed by atoms with Crippen molar-refractivity contribution in [1.82, 2.24) is 20.4 Å². The summed E-state index contributed by atoms with van der Waals surface area (Å²) in [6.45, 7) is 1.76. The summed E-state index contributed by atoms with van der Waals surface area (Å²) in [6, 6.07) is 6.51. The van der Waals surface area contributed by atoms with Crippen molar-refractivity contribution in [3.05, 3.63) is 46.8 Å². The number of benzene rings is 1. The highest BCUT2D eigenvalue weighted by Gasteiger charge is 2.31. The number of nitrogens with zero attached hydrogens (tertiary/aromatic N) is 2. The molecular formula is C20H18N4O6. The Balaban J connectivity index is 1.83.